The lowest BCUT2D eigenvalue weighted by molar-refractivity contribution is -0.141. The van der Waals surface area contributed by atoms with E-state index in [1.165, 1.54) is 0 Å². The number of benzene rings is 1. The Morgan fingerprint density at radius 2 is 1.70 bits per heavy atom. The first-order valence-electron chi connectivity index (χ1n) is 8.20. The number of carbonyl (C=O) groups is 2. The monoisotopic (exact) mass is 379 g/mol. The Morgan fingerprint density at radius 3 is 2.22 bits per heavy atom. The highest BCUT2D eigenvalue weighted by molar-refractivity contribution is 6.04. The van der Waals surface area contributed by atoms with Crippen LogP contribution < -0.4 is 10.6 Å². The minimum atomic E-state index is -4.56. The van der Waals surface area contributed by atoms with Crippen LogP contribution in [0.15, 0.2) is 42.6 Å². The Balaban J connectivity index is 1.59. The van der Waals surface area contributed by atoms with Crippen LogP contribution >= 0.6 is 0 Å². The molecule has 1 aliphatic heterocycles. The van der Waals surface area contributed by atoms with Crippen LogP contribution in [0.25, 0.3) is 0 Å². The maximum atomic E-state index is 12.5. The first-order valence-corrected chi connectivity index (χ1v) is 8.20. The van der Waals surface area contributed by atoms with Crippen LogP contribution in [-0.2, 0) is 15.7 Å². The van der Waals surface area contributed by atoms with Gasteiger partial charge in [-0.2, -0.15) is 13.2 Å². The van der Waals surface area contributed by atoms with E-state index in [9.17, 15) is 22.8 Å². The van der Waals surface area contributed by atoms with Gasteiger partial charge in [0.05, 0.1) is 5.56 Å². The highest BCUT2D eigenvalue weighted by atomic mass is 19.4. The molecule has 2 heterocycles. The number of halogens is 3. The molecule has 2 N–H and O–H groups in total. The van der Waals surface area contributed by atoms with Gasteiger partial charge in [0.15, 0.2) is 0 Å². The van der Waals surface area contributed by atoms with Gasteiger partial charge in [0.2, 0.25) is 0 Å². The normalized spacial score (nSPS) is 16.8. The number of rotatable bonds is 4. The van der Waals surface area contributed by atoms with Crippen molar-refractivity contribution in [2.75, 3.05) is 17.2 Å². The van der Waals surface area contributed by atoms with E-state index in [1.807, 2.05) is 0 Å². The van der Waals surface area contributed by atoms with Gasteiger partial charge in [0.25, 0.3) is 11.8 Å². The van der Waals surface area contributed by atoms with Gasteiger partial charge in [-0.05, 0) is 49.2 Å². The third kappa shape index (κ3) is 4.82. The number of anilines is 2. The summed E-state index contributed by atoms with van der Waals surface area (Å²) in [6, 6.07) is 8.15. The lowest BCUT2D eigenvalue weighted by Gasteiger charge is -2.11. The van der Waals surface area contributed by atoms with E-state index >= 15 is 0 Å². The zero-order valence-electron chi connectivity index (χ0n) is 14.0. The highest BCUT2D eigenvalue weighted by Gasteiger charge is 2.32. The van der Waals surface area contributed by atoms with Crippen molar-refractivity contribution in [3.8, 4) is 0 Å². The molecule has 1 aromatic heterocycles. The Bertz CT molecular complexity index is 814. The fraction of sp³-hybridized carbons (Fsp3) is 0.278. The highest BCUT2D eigenvalue weighted by Crippen LogP contribution is 2.27. The van der Waals surface area contributed by atoms with Gasteiger partial charge >= 0.3 is 6.18 Å². The lowest BCUT2D eigenvalue weighted by Crippen LogP contribution is -2.26. The topological polar surface area (TPSA) is 80.3 Å². The van der Waals surface area contributed by atoms with Crippen LogP contribution in [0.3, 0.4) is 0 Å². The van der Waals surface area contributed by atoms with E-state index in [4.69, 9.17) is 4.74 Å². The molecule has 1 unspecified atom stereocenters. The summed E-state index contributed by atoms with van der Waals surface area (Å²) >= 11 is 0. The van der Waals surface area contributed by atoms with Gasteiger partial charge in [0, 0.05) is 24.2 Å². The number of aromatic nitrogens is 1. The van der Waals surface area contributed by atoms with Crippen LogP contribution in [0, 0.1) is 0 Å². The fourth-order valence-corrected chi connectivity index (χ4v) is 2.54. The van der Waals surface area contributed by atoms with Crippen molar-refractivity contribution in [3.63, 3.8) is 0 Å². The number of nitrogens with one attached hydrogen (secondary N) is 2. The fourth-order valence-electron chi connectivity index (χ4n) is 2.54. The summed E-state index contributed by atoms with van der Waals surface area (Å²) in [6.45, 7) is 0.571. The zero-order valence-corrected chi connectivity index (χ0v) is 14.0. The number of pyridine rings is 1. The third-order valence-electron chi connectivity index (χ3n) is 3.95. The molecule has 1 aromatic carbocycles. The van der Waals surface area contributed by atoms with Gasteiger partial charge < -0.3 is 15.4 Å². The van der Waals surface area contributed by atoms with Gasteiger partial charge in [0.1, 0.15) is 11.8 Å². The molecule has 3 rings (SSSR count). The SMILES string of the molecule is O=C(Nc1ccc(NC(=O)C2CCCO2)cc1)c1ccc(C(F)(F)F)nc1. The van der Waals surface area contributed by atoms with E-state index in [-0.39, 0.29) is 11.5 Å². The van der Waals surface area contributed by atoms with E-state index in [2.05, 4.69) is 15.6 Å². The summed E-state index contributed by atoms with van der Waals surface area (Å²) in [6.07, 6.45) is -2.60. The first kappa shape index (κ1) is 18.8. The molecule has 6 nitrogen and oxygen atoms in total. The van der Waals surface area contributed by atoms with Crippen molar-refractivity contribution >= 4 is 23.2 Å². The largest absolute Gasteiger partial charge is 0.433 e. The smallest absolute Gasteiger partial charge is 0.368 e. The van der Waals surface area contributed by atoms with Crippen LogP contribution in [-0.4, -0.2) is 29.5 Å². The van der Waals surface area contributed by atoms with Crippen molar-refractivity contribution in [3.05, 3.63) is 53.9 Å². The molecule has 27 heavy (non-hydrogen) atoms. The second kappa shape index (κ2) is 7.75. The first-order chi connectivity index (χ1) is 12.8. The number of hydrogen-bond donors (Lipinski definition) is 2. The molecule has 2 amide bonds. The summed E-state index contributed by atoms with van der Waals surface area (Å²) in [7, 11) is 0. The summed E-state index contributed by atoms with van der Waals surface area (Å²) in [5.41, 5.74) is -0.0937. The maximum Gasteiger partial charge on any atom is 0.433 e. The number of amides is 2. The molecule has 1 aliphatic rings. The Hall–Kier alpha value is -2.94. The minimum Gasteiger partial charge on any atom is -0.368 e. The average molecular weight is 379 g/mol. The molecule has 142 valence electrons. The zero-order chi connectivity index (χ0) is 19.4. The molecule has 0 spiro atoms. The number of nitrogens with zero attached hydrogens (tertiary/aromatic N) is 1. The van der Waals surface area contributed by atoms with E-state index in [0.29, 0.717) is 24.4 Å². The second-order valence-electron chi connectivity index (χ2n) is 5.95. The van der Waals surface area contributed by atoms with E-state index in [0.717, 1.165) is 24.8 Å². The van der Waals surface area contributed by atoms with Crippen molar-refractivity contribution in [2.24, 2.45) is 0 Å². The average Bonchev–Trinajstić information content (AvgIpc) is 3.17. The van der Waals surface area contributed by atoms with E-state index < -0.39 is 23.9 Å². The maximum absolute atomic E-state index is 12.5. The molecular formula is C18H16F3N3O3. The number of ether oxygens (including phenoxy) is 1. The van der Waals surface area contributed by atoms with Crippen molar-refractivity contribution in [2.45, 2.75) is 25.1 Å². The van der Waals surface area contributed by atoms with E-state index in [1.54, 1.807) is 24.3 Å². The molecule has 9 heteroatoms. The molecule has 0 bridgehead atoms. The predicted octanol–water partition coefficient (Wildman–Crippen LogP) is 3.47. The second-order valence-corrected chi connectivity index (χ2v) is 5.95. The number of alkyl halides is 3. The quantitative estimate of drug-likeness (QED) is 0.853. The van der Waals surface area contributed by atoms with Gasteiger partial charge in [-0.1, -0.05) is 0 Å². The standard InChI is InChI=1S/C18H16F3N3O3/c19-18(20,21)15-8-3-11(10-22-15)16(25)23-12-4-6-13(7-5-12)24-17(26)14-2-1-9-27-14/h3-8,10,14H,1-2,9H2,(H,23,25)(H,24,26). The van der Waals surface area contributed by atoms with Crippen LogP contribution in [0.2, 0.25) is 0 Å². The van der Waals surface area contributed by atoms with Crippen molar-refractivity contribution < 1.29 is 27.5 Å². The third-order valence-corrected chi connectivity index (χ3v) is 3.95. The molecule has 1 atom stereocenters. The van der Waals surface area contributed by atoms with Crippen LogP contribution in [0.1, 0.15) is 28.9 Å². The number of hydrogen-bond acceptors (Lipinski definition) is 4. The van der Waals surface area contributed by atoms with Gasteiger partial charge in [-0.25, -0.2) is 0 Å². The van der Waals surface area contributed by atoms with Crippen LogP contribution in [0.4, 0.5) is 24.5 Å². The predicted molar refractivity (Wildman–Crippen MR) is 91.2 cm³/mol. The summed E-state index contributed by atoms with van der Waals surface area (Å²) < 4.78 is 42.8. The summed E-state index contributed by atoms with van der Waals surface area (Å²) in [5, 5.41) is 5.28. The van der Waals surface area contributed by atoms with Crippen molar-refractivity contribution in [1.29, 1.82) is 0 Å². The van der Waals surface area contributed by atoms with Crippen LogP contribution in [0.5, 0.6) is 0 Å². The Kier molecular flexibility index (Phi) is 5.41. The molecule has 0 aliphatic carbocycles. The summed E-state index contributed by atoms with van der Waals surface area (Å²) in [5.74, 6) is -0.813. The molecule has 1 saturated heterocycles. The number of carbonyl (C=O) groups excluding carboxylic acids is 2. The van der Waals surface area contributed by atoms with Crippen molar-refractivity contribution in [1.82, 2.24) is 4.98 Å². The Labute approximate surface area is 152 Å². The molecule has 1 fully saturated rings. The van der Waals surface area contributed by atoms with Gasteiger partial charge in [-0.15, -0.1) is 0 Å². The summed E-state index contributed by atoms with van der Waals surface area (Å²) in [4.78, 5) is 27.3. The minimum absolute atomic E-state index is 0.00115. The molecule has 0 radical (unpaired) electrons. The van der Waals surface area contributed by atoms with Gasteiger partial charge in [-0.3, -0.25) is 14.6 Å². The molecule has 0 saturated carbocycles. The Morgan fingerprint density at radius 1 is 1.04 bits per heavy atom. The molecule has 2 aromatic rings. The molecular weight excluding hydrogens is 363 g/mol. The lowest BCUT2D eigenvalue weighted by atomic mass is 10.2.